The van der Waals surface area contributed by atoms with Gasteiger partial charge >= 0.3 is 0 Å². The number of nitrogens with zero attached hydrogens (tertiary/aromatic N) is 3. The van der Waals surface area contributed by atoms with E-state index in [-0.39, 0.29) is 0 Å². The molecule has 0 bridgehead atoms. The third kappa shape index (κ3) is 3.32. The van der Waals surface area contributed by atoms with Crippen molar-refractivity contribution in [3.8, 4) is 16.9 Å². The molecule has 0 aliphatic rings. The Kier molecular flexibility index (Phi) is 5.16. The van der Waals surface area contributed by atoms with E-state index in [1.807, 2.05) is 31.2 Å². The van der Waals surface area contributed by atoms with Crippen LogP contribution in [0.3, 0.4) is 0 Å². The van der Waals surface area contributed by atoms with Crippen LogP contribution in [0.1, 0.15) is 11.3 Å². The predicted molar refractivity (Wildman–Crippen MR) is 182 cm³/mol. The van der Waals surface area contributed by atoms with Crippen LogP contribution in [0.15, 0.2) is 108 Å². The molecule has 9 rings (SSSR count). The number of thiophene rings is 1. The number of halogens is 1. The van der Waals surface area contributed by atoms with E-state index in [1.54, 1.807) is 11.3 Å². The zero-order chi connectivity index (χ0) is 28.8. The summed E-state index contributed by atoms with van der Waals surface area (Å²) in [6.07, 6.45) is 1.90. The number of para-hydroxylation sites is 1. The molecular weight excluding hydrogens is 570 g/mol. The minimum atomic E-state index is 0.350. The van der Waals surface area contributed by atoms with Gasteiger partial charge in [0.05, 0.1) is 11.0 Å². The number of aryl methyl sites for hydroxylation is 1. The van der Waals surface area contributed by atoms with E-state index in [1.165, 1.54) is 0 Å². The first kappa shape index (κ1) is 24.6. The highest BCUT2D eigenvalue weighted by Gasteiger charge is 2.27. The second kappa shape index (κ2) is 9.01. The van der Waals surface area contributed by atoms with Crippen LogP contribution in [0.4, 0.5) is 0 Å². The first-order chi connectivity index (χ1) is 21.1. The molecule has 0 amide bonds. The molecule has 0 fully saturated rings. The lowest BCUT2D eigenvalue weighted by atomic mass is 9.93. The van der Waals surface area contributed by atoms with Crippen molar-refractivity contribution in [3.05, 3.63) is 120 Å². The van der Waals surface area contributed by atoms with Gasteiger partial charge in [0.1, 0.15) is 16.1 Å². The van der Waals surface area contributed by atoms with Gasteiger partial charge in [0.25, 0.3) is 0 Å². The maximum absolute atomic E-state index is 7.03. The van der Waals surface area contributed by atoms with Crippen LogP contribution in [0.5, 0.6) is 0 Å². The van der Waals surface area contributed by atoms with E-state index >= 15 is 0 Å². The largest absolute Gasteiger partial charge is 0.458 e. The fourth-order valence-electron chi connectivity index (χ4n) is 6.70. The molecule has 4 heterocycles. The van der Waals surface area contributed by atoms with Gasteiger partial charge in [0.2, 0.25) is 0 Å². The molecule has 5 aromatic carbocycles. The average molecular weight is 592 g/mol. The Hall–Kier alpha value is -4.97. The smallest absolute Gasteiger partial charge is 0.176 e. The van der Waals surface area contributed by atoms with E-state index in [2.05, 4.69) is 90.0 Å². The Labute approximate surface area is 255 Å². The lowest BCUT2D eigenvalue weighted by Crippen LogP contribution is -2.00. The zero-order valence-electron chi connectivity index (χ0n) is 23.1. The molecule has 0 saturated heterocycles. The summed E-state index contributed by atoms with van der Waals surface area (Å²) in [5.41, 5.74) is 6.77. The van der Waals surface area contributed by atoms with E-state index in [4.69, 9.17) is 26.0 Å². The first-order valence-electron chi connectivity index (χ1n) is 14.1. The van der Waals surface area contributed by atoms with Gasteiger partial charge in [-0.15, -0.1) is 11.3 Å². The molecule has 204 valence electrons. The van der Waals surface area contributed by atoms with Gasteiger partial charge < -0.3 is 4.42 Å². The minimum Gasteiger partial charge on any atom is -0.458 e. The molecule has 0 atom stereocenters. The molecule has 43 heavy (non-hydrogen) atoms. The molecule has 0 aliphatic carbocycles. The highest BCUT2D eigenvalue weighted by molar-refractivity contribution is 7.25. The van der Waals surface area contributed by atoms with Crippen molar-refractivity contribution in [2.75, 3.05) is 0 Å². The van der Waals surface area contributed by atoms with Gasteiger partial charge in [-0.05, 0) is 41.0 Å². The van der Waals surface area contributed by atoms with Crippen molar-refractivity contribution in [2.45, 2.75) is 6.92 Å². The van der Waals surface area contributed by atoms with E-state index < -0.39 is 0 Å². The van der Waals surface area contributed by atoms with Crippen LogP contribution in [0, 0.1) is 6.92 Å². The van der Waals surface area contributed by atoms with Crippen LogP contribution in [0.25, 0.3) is 87.0 Å². The van der Waals surface area contributed by atoms with Crippen LogP contribution in [0.2, 0.25) is 5.15 Å². The summed E-state index contributed by atoms with van der Waals surface area (Å²) >= 11 is 8.64. The monoisotopic (exact) mass is 591 g/mol. The maximum atomic E-state index is 7.03. The quantitative estimate of drug-likeness (QED) is 0.205. The molecule has 0 radical (unpaired) electrons. The SMILES string of the molecule is C=Cc1ccccc1-c1c(C)oc2c1c1ccccc1c1c3ccccc3n(-c3nc4c(nc3Cl)sc3ccccc34)c21. The van der Waals surface area contributed by atoms with Crippen molar-refractivity contribution >= 4 is 93.0 Å². The Balaban J connectivity index is 1.53. The molecule has 0 aliphatic heterocycles. The number of fused-ring (bicyclic) bond motifs is 11. The molecule has 4 nitrogen and oxygen atoms in total. The summed E-state index contributed by atoms with van der Waals surface area (Å²) in [5.74, 6) is 1.43. The number of hydrogen-bond donors (Lipinski definition) is 0. The molecule has 6 heteroatoms. The topological polar surface area (TPSA) is 43.9 Å². The highest BCUT2D eigenvalue weighted by Crippen LogP contribution is 2.48. The second-order valence-electron chi connectivity index (χ2n) is 10.7. The summed E-state index contributed by atoms with van der Waals surface area (Å²) in [4.78, 5) is 10.9. The molecule has 0 spiro atoms. The number of furan rings is 1. The Morgan fingerprint density at radius 1 is 0.791 bits per heavy atom. The predicted octanol–water partition coefficient (Wildman–Crippen LogP) is 11.1. The highest BCUT2D eigenvalue weighted by atomic mass is 35.5. The molecule has 0 N–H and O–H groups in total. The number of hydrogen-bond acceptors (Lipinski definition) is 4. The van der Waals surface area contributed by atoms with Gasteiger partial charge in [0.15, 0.2) is 16.6 Å². The van der Waals surface area contributed by atoms with Crippen molar-refractivity contribution in [1.29, 1.82) is 0 Å². The Morgan fingerprint density at radius 2 is 1.47 bits per heavy atom. The lowest BCUT2D eigenvalue weighted by molar-refractivity contribution is 0.582. The molecule has 0 saturated carbocycles. The number of aromatic nitrogens is 3. The summed E-state index contributed by atoms with van der Waals surface area (Å²) in [6, 6.07) is 33.6. The van der Waals surface area contributed by atoms with Gasteiger partial charge in [-0.3, -0.25) is 4.57 Å². The van der Waals surface area contributed by atoms with Crippen molar-refractivity contribution in [3.63, 3.8) is 0 Å². The van der Waals surface area contributed by atoms with Crippen LogP contribution >= 0.6 is 22.9 Å². The normalized spacial score (nSPS) is 12.0. The van der Waals surface area contributed by atoms with Crippen LogP contribution < -0.4 is 0 Å². The Bertz CT molecular complexity index is 2620. The van der Waals surface area contributed by atoms with Crippen LogP contribution in [-0.2, 0) is 0 Å². The summed E-state index contributed by atoms with van der Waals surface area (Å²) in [7, 11) is 0. The van der Waals surface area contributed by atoms with Gasteiger partial charge in [-0.1, -0.05) is 109 Å². The molecule has 0 unspecified atom stereocenters. The summed E-state index contributed by atoms with van der Waals surface area (Å²) in [5, 5.41) is 6.96. The third-order valence-electron chi connectivity index (χ3n) is 8.45. The standard InChI is InChI=1S/C37H22ClN3OS/c1-3-21-12-4-5-13-22(21)29-20(2)42-34-31(29)24-15-7-6-14-23(24)30-25-16-8-10-18-27(25)41(33(30)34)36-35(38)40-37-32(39-36)26-17-9-11-19-28(26)43-37/h3-19H,1H2,2H3. The van der Waals surface area contributed by atoms with Crippen molar-refractivity contribution < 1.29 is 4.42 Å². The van der Waals surface area contributed by atoms with E-state index in [0.717, 1.165) is 86.4 Å². The summed E-state index contributed by atoms with van der Waals surface area (Å²) < 4.78 is 10.1. The van der Waals surface area contributed by atoms with Gasteiger partial charge in [0, 0.05) is 31.8 Å². The Morgan fingerprint density at radius 3 is 2.28 bits per heavy atom. The number of rotatable bonds is 3. The zero-order valence-corrected chi connectivity index (χ0v) is 24.6. The lowest BCUT2D eigenvalue weighted by Gasteiger charge is -2.11. The maximum Gasteiger partial charge on any atom is 0.176 e. The third-order valence-corrected chi connectivity index (χ3v) is 9.76. The molecule has 4 aromatic heterocycles. The first-order valence-corrected chi connectivity index (χ1v) is 15.3. The number of benzene rings is 5. The van der Waals surface area contributed by atoms with Gasteiger partial charge in [-0.25, -0.2) is 9.97 Å². The van der Waals surface area contributed by atoms with E-state index in [9.17, 15) is 0 Å². The van der Waals surface area contributed by atoms with Crippen molar-refractivity contribution in [2.24, 2.45) is 0 Å². The second-order valence-corrected chi connectivity index (χ2v) is 12.1. The minimum absolute atomic E-state index is 0.350. The fourth-order valence-corrected chi connectivity index (χ4v) is 7.98. The van der Waals surface area contributed by atoms with Crippen molar-refractivity contribution in [1.82, 2.24) is 14.5 Å². The molecular formula is C37H22ClN3OS. The molecule has 9 aromatic rings. The van der Waals surface area contributed by atoms with Gasteiger partial charge in [-0.2, -0.15) is 0 Å². The van der Waals surface area contributed by atoms with E-state index in [0.29, 0.717) is 11.0 Å². The summed E-state index contributed by atoms with van der Waals surface area (Å²) in [6.45, 7) is 6.13. The van der Waals surface area contributed by atoms with Crippen LogP contribution in [-0.4, -0.2) is 14.5 Å². The fraction of sp³-hybridized carbons (Fsp3) is 0.0270. The average Bonchev–Trinajstić information content (AvgIpc) is 3.69.